The topological polar surface area (TPSA) is 38.4 Å². The lowest BCUT2D eigenvalue weighted by atomic mass is 10.2. The Morgan fingerprint density at radius 1 is 1.75 bits per heavy atom. The van der Waals surface area contributed by atoms with Crippen LogP contribution < -0.4 is 5.73 Å². The maximum absolute atomic E-state index is 5.41. The summed E-state index contributed by atoms with van der Waals surface area (Å²) >= 11 is 0. The summed E-state index contributed by atoms with van der Waals surface area (Å²) in [5.74, 6) is 0.966. The molecular weight excluding hydrogens is 100 g/mol. The minimum Gasteiger partial charge on any atom is -0.387 e. The fourth-order valence-electron chi connectivity index (χ4n) is 0.254. The van der Waals surface area contributed by atoms with Crippen LogP contribution in [0.1, 0.15) is 13.8 Å². The lowest BCUT2D eigenvalue weighted by Gasteiger charge is -1.99. The van der Waals surface area contributed by atoms with Gasteiger partial charge in [0, 0.05) is 12.1 Å². The van der Waals surface area contributed by atoms with Crippen LogP contribution in [0.2, 0.25) is 0 Å². The average molecular weight is 112 g/mol. The summed E-state index contributed by atoms with van der Waals surface area (Å²) < 4.78 is 0. The highest BCUT2D eigenvalue weighted by Gasteiger charge is 1.94. The van der Waals surface area contributed by atoms with Crippen molar-refractivity contribution in [1.82, 2.24) is 0 Å². The highest BCUT2D eigenvalue weighted by molar-refractivity contribution is 5.82. The van der Waals surface area contributed by atoms with E-state index in [-0.39, 0.29) is 0 Å². The number of aliphatic imine (C=N–C) groups is 1. The van der Waals surface area contributed by atoms with Crippen molar-refractivity contribution in [2.24, 2.45) is 16.6 Å². The van der Waals surface area contributed by atoms with Gasteiger partial charge in [-0.1, -0.05) is 20.4 Å². The van der Waals surface area contributed by atoms with Gasteiger partial charge in [0.1, 0.15) is 5.84 Å². The quantitative estimate of drug-likeness (QED) is 0.422. The van der Waals surface area contributed by atoms with Gasteiger partial charge in [0.15, 0.2) is 0 Å². The van der Waals surface area contributed by atoms with Crippen molar-refractivity contribution in [1.29, 1.82) is 0 Å². The maximum atomic E-state index is 5.41. The second-order valence-electron chi connectivity index (χ2n) is 1.89. The molecule has 0 saturated heterocycles. The van der Waals surface area contributed by atoms with Crippen molar-refractivity contribution >= 4 is 5.84 Å². The summed E-state index contributed by atoms with van der Waals surface area (Å²) in [6.07, 6.45) is 1.45. The van der Waals surface area contributed by atoms with Gasteiger partial charge in [-0.15, -0.1) is 0 Å². The fraction of sp³-hybridized carbons (Fsp3) is 0.500. The van der Waals surface area contributed by atoms with Crippen molar-refractivity contribution < 1.29 is 0 Å². The van der Waals surface area contributed by atoms with Gasteiger partial charge >= 0.3 is 0 Å². The first-order valence-corrected chi connectivity index (χ1v) is 2.62. The van der Waals surface area contributed by atoms with Gasteiger partial charge in [0.05, 0.1) is 0 Å². The third kappa shape index (κ3) is 2.39. The molecule has 0 bridgehead atoms. The first-order valence-electron chi connectivity index (χ1n) is 2.62. The molecule has 0 aliphatic heterocycles. The Bertz CT molecular complexity index is 103. The van der Waals surface area contributed by atoms with Gasteiger partial charge in [-0.3, -0.25) is 0 Å². The van der Waals surface area contributed by atoms with Gasteiger partial charge in [0.25, 0.3) is 0 Å². The minimum absolute atomic E-state index is 0.327. The Morgan fingerprint density at radius 3 is 2.38 bits per heavy atom. The van der Waals surface area contributed by atoms with Crippen LogP contribution in [0.15, 0.2) is 17.8 Å². The smallest absolute Gasteiger partial charge is 0.101 e. The summed E-state index contributed by atoms with van der Waals surface area (Å²) in [5.41, 5.74) is 5.41. The normalized spacial score (nSPS) is 12.1. The molecule has 0 aliphatic carbocycles. The minimum atomic E-state index is 0.327. The van der Waals surface area contributed by atoms with Crippen LogP contribution >= 0.6 is 0 Å². The Balaban J connectivity index is 3.78. The number of rotatable bonds is 2. The van der Waals surface area contributed by atoms with Crippen LogP contribution in [-0.4, -0.2) is 5.84 Å². The summed E-state index contributed by atoms with van der Waals surface area (Å²) in [4.78, 5) is 3.78. The molecule has 0 radical (unpaired) electrons. The lowest BCUT2D eigenvalue weighted by molar-refractivity contribution is 0.872. The second-order valence-corrected chi connectivity index (χ2v) is 1.89. The van der Waals surface area contributed by atoms with Gasteiger partial charge in [-0.25, -0.2) is 4.99 Å². The highest BCUT2D eigenvalue weighted by atomic mass is 14.8. The van der Waals surface area contributed by atoms with E-state index in [1.165, 1.54) is 6.20 Å². The third-order valence-corrected chi connectivity index (χ3v) is 0.832. The van der Waals surface area contributed by atoms with E-state index in [4.69, 9.17) is 5.73 Å². The van der Waals surface area contributed by atoms with Crippen LogP contribution in [0.3, 0.4) is 0 Å². The maximum Gasteiger partial charge on any atom is 0.101 e. The van der Waals surface area contributed by atoms with E-state index in [1.54, 1.807) is 0 Å². The Morgan fingerprint density at radius 2 is 2.25 bits per heavy atom. The largest absolute Gasteiger partial charge is 0.387 e. The summed E-state index contributed by atoms with van der Waals surface area (Å²) in [7, 11) is 0. The lowest BCUT2D eigenvalue weighted by Crippen LogP contribution is -2.17. The third-order valence-electron chi connectivity index (χ3n) is 0.832. The number of nitrogens with two attached hydrogens (primary N) is 1. The van der Waals surface area contributed by atoms with Gasteiger partial charge in [-0.05, 0) is 0 Å². The van der Waals surface area contributed by atoms with Crippen LogP contribution in [0.4, 0.5) is 0 Å². The average Bonchev–Trinajstić information content (AvgIpc) is 1.67. The predicted octanol–water partition coefficient (Wildman–Crippen LogP) is 1.14. The van der Waals surface area contributed by atoms with E-state index in [0.717, 1.165) is 0 Å². The molecule has 0 aromatic carbocycles. The number of hydrogen-bond donors (Lipinski definition) is 1. The molecule has 0 atom stereocenters. The van der Waals surface area contributed by atoms with Crippen molar-refractivity contribution in [2.75, 3.05) is 0 Å². The summed E-state index contributed by atoms with van der Waals surface area (Å²) in [5, 5.41) is 0. The molecule has 0 aliphatic rings. The van der Waals surface area contributed by atoms with E-state index >= 15 is 0 Å². The van der Waals surface area contributed by atoms with Crippen LogP contribution in [0.5, 0.6) is 0 Å². The van der Waals surface area contributed by atoms with E-state index in [0.29, 0.717) is 11.8 Å². The van der Waals surface area contributed by atoms with Crippen LogP contribution in [0.25, 0.3) is 0 Å². The van der Waals surface area contributed by atoms with Gasteiger partial charge < -0.3 is 5.73 Å². The summed E-state index contributed by atoms with van der Waals surface area (Å²) in [6, 6.07) is 0. The molecule has 0 amide bonds. The van der Waals surface area contributed by atoms with Crippen LogP contribution in [-0.2, 0) is 0 Å². The molecule has 0 aromatic rings. The fourth-order valence-corrected chi connectivity index (χ4v) is 0.254. The Hall–Kier alpha value is -0.790. The van der Waals surface area contributed by atoms with E-state index in [1.807, 2.05) is 13.8 Å². The standard InChI is InChI=1S/C6H12N2/c1-4-8-6(7)5(2)3/h4-5H,1H2,2-3H3,(H2,7,8). The molecule has 0 heterocycles. The summed E-state index contributed by atoms with van der Waals surface area (Å²) in [6.45, 7) is 7.39. The van der Waals surface area contributed by atoms with E-state index in [9.17, 15) is 0 Å². The van der Waals surface area contributed by atoms with Crippen molar-refractivity contribution in [3.05, 3.63) is 12.8 Å². The molecule has 2 N–H and O–H groups in total. The Kier molecular flexibility index (Phi) is 2.92. The van der Waals surface area contributed by atoms with Gasteiger partial charge in [0.2, 0.25) is 0 Å². The van der Waals surface area contributed by atoms with E-state index < -0.39 is 0 Å². The first-order chi connectivity index (χ1) is 3.68. The molecule has 0 fully saturated rings. The predicted molar refractivity (Wildman–Crippen MR) is 36.7 cm³/mol. The van der Waals surface area contributed by atoms with Crippen molar-refractivity contribution in [3.63, 3.8) is 0 Å². The highest BCUT2D eigenvalue weighted by Crippen LogP contribution is 1.90. The monoisotopic (exact) mass is 112 g/mol. The zero-order valence-electron chi connectivity index (χ0n) is 5.39. The van der Waals surface area contributed by atoms with E-state index in [2.05, 4.69) is 11.6 Å². The number of hydrogen-bond acceptors (Lipinski definition) is 1. The molecule has 0 rings (SSSR count). The Labute approximate surface area is 50.1 Å². The number of amidine groups is 1. The number of nitrogens with zero attached hydrogens (tertiary/aromatic N) is 1. The van der Waals surface area contributed by atoms with Crippen molar-refractivity contribution in [3.8, 4) is 0 Å². The molecule has 0 aromatic heterocycles. The molecular formula is C6H12N2. The molecule has 8 heavy (non-hydrogen) atoms. The molecule has 2 heteroatoms. The molecule has 46 valence electrons. The zero-order valence-corrected chi connectivity index (χ0v) is 5.39. The first kappa shape index (κ1) is 7.21. The van der Waals surface area contributed by atoms with Crippen LogP contribution in [0, 0.1) is 5.92 Å². The zero-order chi connectivity index (χ0) is 6.57. The SMILES string of the molecule is C=CN=C(N)C(C)C. The molecule has 0 saturated carbocycles. The second kappa shape index (κ2) is 3.24. The molecule has 0 unspecified atom stereocenters. The van der Waals surface area contributed by atoms with Crippen molar-refractivity contribution in [2.45, 2.75) is 13.8 Å². The van der Waals surface area contributed by atoms with Gasteiger partial charge in [-0.2, -0.15) is 0 Å². The molecule has 0 spiro atoms. The molecule has 2 nitrogen and oxygen atoms in total.